The molecule has 1 aromatic heterocycles. The van der Waals surface area contributed by atoms with Crippen molar-refractivity contribution >= 4 is 28.4 Å². The molecule has 0 spiro atoms. The summed E-state index contributed by atoms with van der Waals surface area (Å²) in [6.07, 6.45) is 0. The Balaban J connectivity index is 2.53. The molecule has 0 atom stereocenters. The van der Waals surface area contributed by atoms with Crippen molar-refractivity contribution in [1.29, 1.82) is 0 Å². The average Bonchev–Trinajstić information content (AvgIpc) is 2.46. The predicted octanol–water partition coefficient (Wildman–Crippen LogP) is 3.77. The van der Waals surface area contributed by atoms with Gasteiger partial charge in [-0.2, -0.15) is 0 Å². The molecule has 0 unspecified atom stereocenters. The van der Waals surface area contributed by atoms with E-state index in [0.29, 0.717) is 23.6 Å². The predicted molar refractivity (Wildman–Crippen MR) is 89.8 cm³/mol. The van der Waals surface area contributed by atoms with E-state index >= 15 is 0 Å². The van der Waals surface area contributed by atoms with Crippen molar-refractivity contribution < 1.29 is 9.13 Å². The first-order valence-electron chi connectivity index (χ1n) is 6.62. The van der Waals surface area contributed by atoms with Crippen LogP contribution in [-0.2, 0) is 11.3 Å². The van der Waals surface area contributed by atoms with Crippen LogP contribution < -0.4 is 5.32 Å². The molecule has 0 bridgehead atoms. The van der Waals surface area contributed by atoms with Gasteiger partial charge in [-0.05, 0) is 48.1 Å². The number of methoxy groups -OCH3 is 1. The van der Waals surface area contributed by atoms with Gasteiger partial charge in [-0.3, -0.25) is 0 Å². The van der Waals surface area contributed by atoms with Gasteiger partial charge in [0, 0.05) is 19.2 Å². The van der Waals surface area contributed by atoms with Crippen LogP contribution in [0.2, 0.25) is 0 Å². The van der Waals surface area contributed by atoms with Gasteiger partial charge in [0.1, 0.15) is 11.6 Å². The summed E-state index contributed by atoms with van der Waals surface area (Å²) < 4.78 is 19.8. The molecule has 0 aliphatic heterocycles. The SMILES string of the molecule is CCNc1nc(-c2ccc(C)c(F)c2)nc(COC)c1I. The molecular weight excluding hydrogens is 384 g/mol. The fourth-order valence-electron chi connectivity index (χ4n) is 1.87. The van der Waals surface area contributed by atoms with Crippen LogP contribution in [0.1, 0.15) is 18.2 Å². The van der Waals surface area contributed by atoms with Crippen LogP contribution >= 0.6 is 22.6 Å². The van der Waals surface area contributed by atoms with Gasteiger partial charge in [-0.15, -0.1) is 0 Å². The van der Waals surface area contributed by atoms with Crippen molar-refractivity contribution in [2.75, 3.05) is 19.0 Å². The molecule has 2 rings (SSSR count). The maximum Gasteiger partial charge on any atom is 0.162 e. The molecule has 2 aromatic rings. The molecule has 1 aromatic carbocycles. The van der Waals surface area contributed by atoms with E-state index in [0.717, 1.165) is 21.6 Å². The Labute approximate surface area is 137 Å². The van der Waals surface area contributed by atoms with Gasteiger partial charge in [-0.25, -0.2) is 14.4 Å². The fraction of sp³-hybridized carbons (Fsp3) is 0.333. The van der Waals surface area contributed by atoms with E-state index in [2.05, 4.69) is 37.9 Å². The molecule has 4 nitrogen and oxygen atoms in total. The van der Waals surface area contributed by atoms with Crippen LogP contribution in [0, 0.1) is 16.3 Å². The molecule has 0 amide bonds. The van der Waals surface area contributed by atoms with Gasteiger partial charge < -0.3 is 10.1 Å². The van der Waals surface area contributed by atoms with Crippen molar-refractivity contribution in [3.05, 3.63) is 38.8 Å². The molecule has 112 valence electrons. The van der Waals surface area contributed by atoms with Crippen molar-refractivity contribution in [3.63, 3.8) is 0 Å². The van der Waals surface area contributed by atoms with Crippen molar-refractivity contribution in [1.82, 2.24) is 9.97 Å². The lowest BCUT2D eigenvalue weighted by Crippen LogP contribution is -2.08. The highest BCUT2D eigenvalue weighted by atomic mass is 127. The summed E-state index contributed by atoms with van der Waals surface area (Å²) in [5.74, 6) is 0.987. The molecular formula is C15H17FIN3O. The van der Waals surface area contributed by atoms with Gasteiger partial charge in [0.2, 0.25) is 0 Å². The number of ether oxygens (including phenoxy) is 1. The van der Waals surface area contributed by atoms with Crippen molar-refractivity contribution in [2.24, 2.45) is 0 Å². The van der Waals surface area contributed by atoms with Gasteiger partial charge in [0.15, 0.2) is 5.82 Å². The lowest BCUT2D eigenvalue weighted by atomic mass is 10.1. The second-order valence-electron chi connectivity index (χ2n) is 4.58. The van der Waals surface area contributed by atoms with Crippen LogP contribution in [0.15, 0.2) is 18.2 Å². The van der Waals surface area contributed by atoms with Crippen molar-refractivity contribution in [2.45, 2.75) is 20.5 Å². The minimum absolute atomic E-state index is 0.257. The summed E-state index contributed by atoms with van der Waals surface area (Å²) in [7, 11) is 1.62. The number of rotatable bonds is 5. The standard InChI is InChI=1S/C15H17FIN3O/c1-4-18-15-13(17)12(8-21-3)19-14(20-15)10-6-5-9(2)11(16)7-10/h5-7H,4,8H2,1-3H3,(H,18,19,20). The summed E-state index contributed by atoms with van der Waals surface area (Å²) in [6, 6.07) is 5.02. The maximum atomic E-state index is 13.7. The number of aryl methyl sites for hydroxylation is 1. The largest absolute Gasteiger partial charge is 0.378 e. The Kier molecular flexibility index (Phi) is 5.46. The summed E-state index contributed by atoms with van der Waals surface area (Å²) in [4.78, 5) is 8.99. The normalized spacial score (nSPS) is 10.7. The molecule has 0 aliphatic carbocycles. The Hall–Kier alpha value is -1.28. The van der Waals surface area contributed by atoms with E-state index in [4.69, 9.17) is 4.74 Å². The summed E-state index contributed by atoms with van der Waals surface area (Å²) >= 11 is 2.19. The average molecular weight is 401 g/mol. The number of benzene rings is 1. The van der Waals surface area contributed by atoms with Crippen LogP contribution in [0.4, 0.5) is 10.2 Å². The van der Waals surface area contributed by atoms with Crippen LogP contribution in [0.25, 0.3) is 11.4 Å². The second-order valence-corrected chi connectivity index (χ2v) is 5.66. The number of nitrogens with one attached hydrogen (secondary N) is 1. The van der Waals surface area contributed by atoms with E-state index in [-0.39, 0.29) is 5.82 Å². The van der Waals surface area contributed by atoms with E-state index in [1.54, 1.807) is 20.1 Å². The van der Waals surface area contributed by atoms with Gasteiger partial charge in [0.05, 0.1) is 15.9 Å². The fourth-order valence-corrected chi connectivity index (χ4v) is 2.46. The second kappa shape index (κ2) is 7.13. The highest BCUT2D eigenvalue weighted by Crippen LogP contribution is 2.25. The molecule has 0 radical (unpaired) electrons. The third-order valence-electron chi connectivity index (χ3n) is 2.98. The number of hydrogen-bond donors (Lipinski definition) is 1. The minimum Gasteiger partial charge on any atom is -0.378 e. The quantitative estimate of drug-likeness (QED) is 0.775. The molecule has 0 saturated heterocycles. The zero-order valence-electron chi connectivity index (χ0n) is 12.2. The number of hydrogen-bond acceptors (Lipinski definition) is 4. The van der Waals surface area contributed by atoms with Gasteiger partial charge in [0.25, 0.3) is 0 Å². The highest BCUT2D eigenvalue weighted by molar-refractivity contribution is 14.1. The zero-order valence-corrected chi connectivity index (χ0v) is 14.4. The Morgan fingerprint density at radius 1 is 1.33 bits per heavy atom. The number of aromatic nitrogens is 2. The van der Waals surface area contributed by atoms with E-state index in [1.165, 1.54) is 6.07 Å². The maximum absolute atomic E-state index is 13.7. The first-order chi connectivity index (χ1) is 10.1. The van der Waals surface area contributed by atoms with Crippen molar-refractivity contribution in [3.8, 4) is 11.4 Å². The molecule has 1 N–H and O–H groups in total. The summed E-state index contributed by atoms with van der Waals surface area (Å²) in [6.45, 7) is 4.87. The summed E-state index contributed by atoms with van der Waals surface area (Å²) in [5, 5.41) is 3.20. The van der Waals surface area contributed by atoms with Crippen LogP contribution in [-0.4, -0.2) is 23.6 Å². The van der Waals surface area contributed by atoms with Crippen LogP contribution in [0.3, 0.4) is 0 Å². The Morgan fingerprint density at radius 2 is 2.10 bits per heavy atom. The zero-order chi connectivity index (χ0) is 15.4. The first-order valence-corrected chi connectivity index (χ1v) is 7.70. The minimum atomic E-state index is -0.257. The molecule has 21 heavy (non-hydrogen) atoms. The number of anilines is 1. The summed E-state index contributed by atoms with van der Waals surface area (Å²) in [5.41, 5.74) is 2.05. The highest BCUT2D eigenvalue weighted by Gasteiger charge is 2.13. The van der Waals surface area contributed by atoms with E-state index in [9.17, 15) is 4.39 Å². The molecule has 0 fully saturated rings. The van der Waals surface area contributed by atoms with E-state index in [1.807, 2.05) is 13.0 Å². The molecule has 1 heterocycles. The third-order valence-corrected chi connectivity index (χ3v) is 4.11. The Bertz CT molecular complexity index is 622. The molecule has 0 aliphatic rings. The molecule has 0 saturated carbocycles. The monoisotopic (exact) mass is 401 g/mol. The smallest absolute Gasteiger partial charge is 0.162 e. The lowest BCUT2D eigenvalue weighted by molar-refractivity contribution is 0.181. The van der Waals surface area contributed by atoms with Gasteiger partial charge >= 0.3 is 0 Å². The van der Waals surface area contributed by atoms with E-state index < -0.39 is 0 Å². The molecule has 6 heteroatoms. The third kappa shape index (κ3) is 3.68. The Morgan fingerprint density at radius 3 is 2.71 bits per heavy atom. The number of nitrogens with zero attached hydrogens (tertiary/aromatic N) is 2. The topological polar surface area (TPSA) is 47.0 Å². The van der Waals surface area contributed by atoms with Gasteiger partial charge in [-0.1, -0.05) is 12.1 Å². The van der Waals surface area contributed by atoms with Crippen LogP contribution in [0.5, 0.6) is 0 Å². The lowest BCUT2D eigenvalue weighted by Gasteiger charge is -2.12. The number of halogens is 2. The first kappa shape index (κ1) is 16.1.